The highest BCUT2D eigenvalue weighted by atomic mass is 19.1. The second-order valence-electron chi connectivity index (χ2n) is 5.32. The van der Waals surface area contributed by atoms with Crippen LogP contribution in [-0.2, 0) is 6.42 Å². The number of amides is 1. The lowest BCUT2D eigenvalue weighted by atomic mass is 9.95. The Morgan fingerprint density at radius 2 is 1.95 bits per heavy atom. The van der Waals surface area contributed by atoms with E-state index in [1.54, 1.807) is 4.90 Å². The van der Waals surface area contributed by atoms with E-state index in [4.69, 9.17) is 0 Å². The van der Waals surface area contributed by atoms with Crippen molar-refractivity contribution in [2.75, 3.05) is 4.90 Å². The molecule has 0 N–H and O–H groups in total. The Bertz CT molecular complexity index is 699. The zero-order chi connectivity index (χ0) is 15.0. The molecule has 0 aromatic heterocycles. The maximum Gasteiger partial charge on any atom is 0.261 e. The third kappa shape index (κ3) is 2.42. The Labute approximate surface area is 122 Å². The van der Waals surface area contributed by atoms with Gasteiger partial charge in [0, 0.05) is 17.8 Å². The second kappa shape index (κ2) is 5.28. The van der Waals surface area contributed by atoms with Crippen LogP contribution >= 0.6 is 0 Å². The molecule has 21 heavy (non-hydrogen) atoms. The summed E-state index contributed by atoms with van der Waals surface area (Å²) in [5.74, 6) is -1.93. The van der Waals surface area contributed by atoms with Crippen LogP contribution in [0.1, 0.15) is 29.3 Å². The number of hydrogen-bond donors (Lipinski definition) is 0. The standard InChI is InChI=1S/C17H15F2NO/c1-11-6-7-12-4-2-3-5-16(12)20(11)17(21)14-9-8-13(18)10-15(14)19/h2-5,8-11H,6-7H2,1H3. The Hall–Kier alpha value is -2.23. The molecule has 3 rings (SSSR count). The van der Waals surface area contributed by atoms with E-state index in [-0.39, 0.29) is 11.6 Å². The third-order valence-corrected chi connectivity index (χ3v) is 3.90. The predicted molar refractivity (Wildman–Crippen MR) is 77.4 cm³/mol. The van der Waals surface area contributed by atoms with E-state index in [0.29, 0.717) is 0 Å². The largest absolute Gasteiger partial charge is 0.305 e. The summed E-state index contributed by atoms with van der Waals surface area (Å²) in [4.78, 5) is 14.3. The molecule has 1 heterocycles. The van der Waals surface area contributed by atoms with E-state index in [1.165, 1.54) is 6.07 Å². The number of fused-ring (bicyclic) bond motifs is 1. The van der Waals surface area contributed by atoms with Crippen molar-refractivity contribution in [2.45, 2.75) is 25.8 Å². The van der Waals surface area contributed by atoms with Gasteiger partial charge in [-0.15, -0.1) is 0 Å². The van der Waals surface area contributed by atoms with Crippen molar-refractivity contribution >= 4 is 11.6 Å². The fourth-order valence-corrected chi connectivity index (χ4v) is 2.79. The van der Waals surface area contributed by atoms with Gasteiger partial charge in [0.2, 0.25) is 0 Å². The van der Waals surface area contributed by atoms with Crippen LogP contribution in [0.15, 0.2) is 42.5 Å². The van der Waals surface area contributed by atoms with Crippen molar-refractivity contribution in [1.82, 2.24) is 0 Å². The number of aryl methyl sites for hydroxylation is 1. The average molecular weight is 287 g/mol. The van der Waals surface area contributed by atoms with Gasteiger partial charge in [0.1, 0.15) is 11.6 Å². The SMILES string of the molecule is CC1CCc2ccccc2N1C(=O)c1ccc(F)cc1F. The molecule has 1 amide bonds. The van der Waals surface area contributed by atoms with Gasteiger partial charge in [0.05, 0.1) is 5.56 Å². The highest BCUT2D eigenvalue weighted by Crippen LogP contribution is 2.32. The van der Waals surface area contributed by atoms with Crippen LogP contribution in [0.2, 0.25) is 0 Å². The van der Waals surface area contributed by atoms with E-state index in [9.17, 15) is 13.6 Å². The van der Waals surface area contributed by atoms with E-state index >= 15 is 0 Å². The lowest BCUT2D eigenvalue weighted by Crippen LogP contribution is -2.42. The molecular weight excluding hydrogens is 272 g/mol. The van der Waals surface area contributed by atoms with Gasteiger partial charge in [-0.05, 0) is 43.5 Å². The van der Waals surface area contributed by atoms with Crippen LogP contribution in [0.5, 0.6) is 0 Å². The minimum atomic E-state index is -0.824. The fourth-order valence-electron chi connectivity index (χ4n) is 2.79. The van der Waals surface area contributed by atoms with Gasteiger partial charge < -0.3 is 4.90 Å². The van der Waals surface area contributed by atoms with Crippen LogP contribution in [0, 0.1) is 11.6 Å². The number of carbonyl (C=O) groups excluding carboxylic acids is 1. The molecule has 108 valence electrons. The van der Waals surface area contributed by atoms with Crippen molar-refractivity contribution < 1.29 is 13.6 Å². The van der Waals surface area contributed by atoms with Crippen molar-refractivity contribution in [2.24, 2.45) is 0 Å². The maximum atomic E-state index is 13.9. The minimum Gasteiger partial charge on any atom is -0.305 e. The molecule has 0 spiro atoms. The second-order valence-corrected chi connectivity index (χ2v) is 5.32. The zero-order valence-electron chi connectivity index (χ0n) is 11.6. The monoisotopic (exact) mass is 287 g/mol. The predicted octanol–water partition coefficient (Wildman–Crippen LogP) is 3.95. The molecule has 0 aliphatic carbocycles. The molecule has 0 saturated heterocycles. The summed E-state index contributed by atoms with van der Waals surface area (Å²) >= 11 is 0. The molecule has 1 aliphatic heterocycles. The molecule has 2 nitrogen and oxygen atoms in total. The number of halogens is 2. The van der Waals surface area contributed by atoms with Gasteiger partial charge in [-0.25, -0.2) is 8.78 Å². The van der Waals surface area contributed by atoms with Crippen LogP contribution in [-0.4, -0.2) is 11.9 Å². The van der Waals surface area contributed by atoms with Gasteiger partial charge in [0.25, 0.3) is 5.91 Å². The Kier molecular flexibility index (Phi) is 3.45. The third-order valence-electron chi connectivity index (χ3n) is 3.90. The summed E-state index contributed by atoms with van der Waals surface area (Å²) in [6.07, 6.45) is 1.72. The average Bonchev–Trinajstić information content (AvgIpc) is 2.46. The number of para-hydroxylation sites is 1. The van der Waals surface area contributed by atoms with E-state index in [2.05, 4.69) is 0 Å². The minimum absolute atomic E-state index is 0.0168. The van der Waals surface area contributed by atoms with Crippen molar-refractivity contribution in [1.29, 1.82) is 0 Å². The summed E-state index contributed by atoms with van der Waals surface area (Å²) in [5, 5.41) is 0. The quantitative estimate of drug-likeness (QED) is 0.777. The molecular formula is C17H15F2NO. The first-order valence-electron chi connectivity index (χ1n) is 6.94. The van der Waals surface area contributed by atoms with Gasteiger partial charge in [-0.2, -0.15) is 0 Å². The smallest absolute Gasteiger partial charge is 0.261 e. The topological polar surface area (TPSA) is 20.3 Å². The highest BCUT2D eigenvalue weighted by molar-refractivity contribution is 6.07. The number of carbonyl (C=O) groups is 1. The van der Waals surface area contributed by atoms with Crippen LogP contribution in [0.25, 0.3) is 0 Å². The van der Waals surface area contributed by atoms with Crippen LogP contribution in [0.4, 0.5) is 14.5 Å². The van der Waals surface area contributed by atoms with Gasteiger partial charge in [-0.1, -0.05) is 18.2 Å². The summed E-state index contributed by atoms with van der Waals surface area (Å²) in [6.45, 7) is 1.94. The summed E-state index contributed by atoms with van der Waals surface area (Å²) in [7, 11) is 0. The Morgan fingerprint density at radius 1 is 1.19 bits per heavy atom. The highest BCUT2D eigenvalue weighted by Gasteiger charge is 2.30. The van der Waals surface area contributed by atoms with Crippen molar-refractivity contribution in [3.8, 4) is 0 Å². The molecule has 0 saturated carbocycles. The number of nitrogens with zero attached hydrogens (tertiary/aromatic N) is 1. The Balaban J connectivity index is 2.05. The lowest BCUT2D eigenvalue weighted by molar-refractivity contribution is 0.0971. The normalized spacial score (nSPS) is 17.5. The fraction of sp³-hybridized carbons (Fsp3) is 0.235. The molecule has 0 fully saturated rings. The molecule has 0 radical (unpaired) electrons. The maximum absolute atomic E-state index is 13.9. The van der Waals surface area contributed by atoms with Gasteiger partial charge >= 0.3 is 0 Å². The lowest BCUT2D eigenvalue weighted by Gasteiger charge is -2.35. The van der Waals surface area contributed by atoms with Crippen LogP contribution < -0.4 is 4.90 Å². The molecule has 4 heteroatoms. The van der Waals surface area contributed by atoms with E-state index in [1.807, 2.05) is 31.2 Å². The first kappa shape index (κ1) is 13.7. The zero-order valence-corrected chi connectivity index (χ0v) is 11.6. The number of benzene rings is 2. The first-order chi connectivity index (χ1) is 10.1. The van der Waals surface area contributed by atoms with Gasteiger partial charge in [0.15, 0.2) is 0 Å². The number of rotatable bonds is 1. The summed E-state index contributed by atoms with van der Waals surface area (Å²) in [5.41, 5.74) is 1.79. The molecule has 2 aromatic rings. The van der Waals surface area contributed by atoms with Crippen molar-refractivity contribution in [3.05, 3.63) is 65.2 Å². The molecule has 0 bridgehead atoms. The molecule has 1 aliphatic rings. The summed E-state index contributed by atoms with van der Waals surface area (Å²) in [6, 6.07) is 10.7. The Morgan fingerprint density at radius 3 is 2.71 bits per heavy atom. The van der Waals surface area contributed by atoms with Crippen molar-refractivity contribution in [3.63, 3.8) is 0 Å². The first-order valence-corrected chi connectivity index (χ1v) is 6.94. The molecule has 2 aromatic carbocycles. The number of hydrogen-bond acceptors (Lipinski definition) is 1. The molecule has 1 unspecified atom stereocenters. The number of anilines is 1. The van der Waals surface area contributed by atoms with E-state index in [0.717, 1.165) is 36.2 Å². The van der Waals surface area contributed by atoms with Gasteiger partial charge in [-0.3, -0.25) is 4.79 Å². The molecule has 1 atom stereocenters. The van der Waals surface area contributed by atoms with Crippen LogP contribution in [0.3, 0.4) is 0 Å². The van der Waals surface area contributed by atoms with E-state index < -0.39 is 17.5 Å². The summed E-state index contributed by atoms with van der Waals surface area (Å²) < 4.78 is 26.9.